The first kappa shape index (κ1) is 22.8. The molecule has 1 unspecified atom stereocenters. The number of fused-ring (bicyclic) bond motifs is 1. The molecule has 0 spiro atoms. The van der Waals surface area contributed by atoms with Crippen LogP contribution in [0.1, 0.15) is 45.4 Å². The van der Waals surface area contributed by atoms with Gasteiger partial charge in [0, 0.05) is 24.3 Å². The van der Waals surface area contributed by atoms with Crippen molar-refractivity contribution in [3.05, 3.63) is 18.2 Å². The molecule has 3 aliphatic rings. The van der Waals surface area contributed by atoms with Crippen molar-refractivity contribution in [1.82, 2.24) is 9.21 Å². The second kappa shape index (κ2) is 8.90. The lowest BCUT2D eigenvalue weighted by Gasteiger charge is -2.50. The highest BCUT2D eigenvalue weighted by Gasteiger charge is 2.51. The minimum atomic E-state index is -3.64. The van der Waals surface area contributed by atoms with Crippen molar-refractivity contribution in [2.45, 2.75) is 57.0 Å². The molecule has 2 amide bonds. The first-order chi connectivity index (χ1) is 15.2. The van der Waals surface area contributed by atoms with Crippen LogP contribution in [0.15, 0.2) is 18.2 Å². The zero-order valence-corrected chi connectivity index (χ0v) is 19.4. The Bertz CT molecular complexity index is 989. The summed E-state index contributed by atoms with van der Waals surface area (Å²) < 4.78 is 36.8. The summed E-state index contributed by atoms with van der Waals surface area (Å²) in [6, 6.07) is 5.04. The van der Waals surface area contributed by atoms with Crippen molar-refractivity contribution in [1.29, 1.82) is 0 Å². The molecule has 32 heavy (non-hydrogen) atoms. The number of nitrogens with one attached hydrogen (secondary N) is 1. The number of anilines is 1. The number of rotatable bonds is 4. The third kappa shape index (κ3) is 4.56. The molecular weight excluding hydrogens is 434 g/mol. The van der Waals surface area contributed by atoms with Gasteiger partial charge in [-0.2, -0.15) is 4.31 Å². The van der Waals surface area contributed by atoms with Gasteiger partial charge in [0.2, 0.25) is 15.9 Å². The minimum Gasteiger partial charge on any atom is -0.486 e. The van der Waals surface area contributed by atoms with Crippen LogP contribution in [0.4, 0.5) is 5.69 Å². The van der Waals surface area contributed by atoms with Crippen LogP contribution in [0.3, 0.4) is 0 Å². The summed E-state index contributed by atoms with van der Waals surface area (Å²) in [5.41, 5.74) is -0.828. The van der Waals surface area contributed by atoms with E-state index < -0.39 is 21.5 Å². The average Bonchev–Trinajstić information content (AvgIpc) is 3.02. The third-order valence-corrected chi connectivity index (χ3v) is 7.74. The second-order valence-electron chi connectivity index (χ2n) is 9.03. The van der Waals surface area contributed by atoms with E-state index in [1.165, 1.54) is 0 Å². The SMILES string of the molecule is CC1(C(=O)Nc2ccc3c(c2)OCCO3)CN(S(C)(=O)=O)CC(=O)N1C1CCCCCC1. The lowest BCUT2D eigenvalue weighted by atomic mass is 9.91. The van der Waals surface area contributed by atoms with Crippen LogP contribution in [0, 0.1) is 0 Å². The predicted octanol–water partition coefficient (Wildman–Crippen LogP) is 1.98. The van der Waals surface area contributed by atoms with Gasteiger partial charge in [-0.25, -0.2) is 8.42 Å². The summed E-state index contributed by atoms with van der Waals surface area (Å²) in [7, 11) is -3.64. The van der Waals surface area contributed by atoms with Crippen LogP contribution in [0.2, 0.25) is 0 Å². The molecule has 4 rings (SSSR count). The normalized spacial score (nSPS) is 25.3. The number of carbonyl (C=O) groups is 2. The number of benzene rings is 1. The van der Waals surface area contributed by atoms with Crippen molar-refractivity contribution in [3.63, 3.8) is 0 Å². The molecule has 176 valence electrons. The maximum Gasteiger partial charge on any atom is 0.251 e. The van der Waals surface area contributed by atoms with Crippen LogP contribution in [0.5, 0.6) is 11.5 Å². The molecule has 0 aromatic heterocycles. The molecule has 1 aromatic carbocycles. The summed E-state index contributed by atoms with van der Waals surface area (Å²) >= 11 is 0. The molecule has 1 saturated carbocycles. The van der Waals surface area contributed by atoms with Crippen molar-refractivity contribution in [2.75, 3.05) is 37.9 Å². The zero-order chi connectivity index (χ0) is 22.9. The Kier molecular flexibility index (Phi) is 6.35. The molecule has 10 heteroatoms. The summed E-state index contributed by atoms with van der Waals surface area (Å²) in [5.74, 6) is 0.405. The van der Waals surface area contributed by atoms with Gasteiger partial charge in [-0.15, -0.1) is 0 Å². The van der Waals surface area contributed by atoms with Crippen molar-refractivity contribution >= 4 is 27.5 Å². The number of ether oxygens (including phenoxy) is 2. The number of hydrogen-bond acceptors (Lipinski definition) is 6. The number of piperazine rings is 1. The molecule has 1 aromatic rings. The highest BCUT2D eigenvalue weighted by Crippen LogP contribution is 2.35. The lowest BCUT2D eigenvalue weighted by Crippen LogP contribution is -2.70. The Balaban J connectivity index is 1.64. The molecule has 9 nitrogen and oxygen atoms in total. The number of sulfonamides is 1. The fourth-order valence-corrected chi connectivity index (χ4v) is 5.73. The molecule has 1 saturated heterocycles. The largest absolute Gasteiger partial charge is 0.486 e. The first-order valence-corrected chi connectivity index (χ1v) is 13.0. The van der Waals surface area contributed by atoms with Crippen LogP contribution < -0.4 is 14.8 Å². The van der Waals surface area contributed by atoms with Crippen molar-refractivity contribution < 1.29 is 27.5 Å². The Hall–Kier alpha value is -2.33. The van der Waals surface area contributed by atoms with E-state index in [4.69, 9.17) is 9.47 Å². The van der Waals surface area contributed by atoms with Crippen LogP contribution >= 0.6 is 0 Å². The quantitative estimate of drug-likeness (QED) is 0.682. The van der Waals surface area contributed by atoms with Gasteiger partial charge in [0.05, 0.1) is 12.8 Å². The highest BCUT2D eigenvalue weighted by molar-refractivity contribution is 7.88. The predicted molar refractivity (Wildman–Crippen MR) is 119 cm³/mol. The maximum atomic E-state index is 13.6. The summed E-state index contributed by atoms with van der Waals surface area (Å²) in [5, 5.41) is 2.89. The van der Waals surface area contributed by atoms with Gasteiger partial charge < -0.3 is 19.7 Å². The summed E-state index contributed by atoms with van der Waals surface area (Å²) in [4.78, 5) is 28.5. The Labute approximate surface area is 189 Å². The van der Waals surface area contributed by atoms with Gasteiger partial charge in [-0.3, -0.25) is 9.59 Å². The van der Waals surface area contributed by atoms with E-state index in [-0.39, 0.29) is 25.0 Å². The standard InChI is InChI=1S/C22H31N3O6S/c1-22(21(27)23-16-9-10-18-19(13-16)31-12-11-30-18)15-24(32(2,28)29)14-20(26)25(22)17-7-5-3-4-6-8-17/h9-10,13,17H,3-8,11-12,14-15H2,1-2H3,(H,23,27). The van der Waals surface area contributed by atoms with E-state index >= 15 is 0 Å². The van der Waals surface area contributed by atoms with E-state index in [1.54, 1.807) is 30.0 Å². The van der Waals surface area contributed by atoms with Gasteiger partial charge in [-0.05, 0) is 31.9 Å². The highest BCUT2D eigenvalue weighted by atomic mass is 32.2. The Morgan fingerprint density at radius 3 is 2.41 bits per heavy atom. The topological polar surface area (TPSA) is 105 Å². The molecule has 0 bridgehead atoms. The molecule has 1 N–H and O–H groups in total. The van der Waals surface area contributed by atoms with E-state index in [9.17, 15) is 18.0 Å². The molecular formula is C22H31N3O6S. The van der Waals surface area contributed by atoms with Gasteiger partial charge >= 0.3 is 0 Å². The minimum absolute atomic E-state index is 0.0789. The van der Waals surface area contributed by atoms with E-state index in [0.29, 0.717) is 30.4 Å². The Morgan fingerprint density at radius 1 is 1.09 bits per heavy atom. The van der Waals surface area contributed by atoms with E-state index in [0.717, 1.165) is 49.1 Å². The van der Waals surface area contributed by atoms with Crippen LogP contribution in [-0.2, 0) is 19.6 Å². The van der Waals surface area contributed by atoms with Gasteiger partial charge in [0.15, 0.2) is 11.5 Å². The molecule has 1 aliphatic carbocycles. The fraction of sp³-hybridized carbons (Fsp3) is 0.636. The van der Waals surface area contributed by atoms with Gasteiger partial charge in [0.1, 0.15) is 18.8 Å². The first-order valence-electron chi connectivity index (χ1n) is 11.2. The summed E-state index contributed by atoms with van der Waals surface area (Å²) in [6.07, 6.45) is 6.89. The van der Waals surface area contributed by atoms with Gasteiger partial charge in [-0.1, -0.05) is 25.7 Å². The molecule has 0 radical (unpaired) electrons. The Morgan fingerprint density at radius 2 is 1.75 bits per heavy atom. The molecule has 2 fully saturated rings. The number of hydrogen-bond donors (Lipinski definition) is 1. The van der Waals surface area contributed by atoms with E-state index in [1.807, 2.05) is 0 Å². The van der Waals surface area contributed by atoms with Crippen LogP contribution in [0.25, 0.3) is 0 Å². The number of nitrogens with zero attached hydrogens (tertiary/aromatic N) is 2. The zero-order valence-electron chi connectivity index (χ0n) is 18.6. The molecule has 2 aliphatic heterocycles. The molecule has 1 atom stereocenters. The fourth-order valence-electron chi connectivity index (χ4n) is 4.90. The van der Waals surface area contributed by atoms with Gasteiger partial charge in [0.25, 0.3) is 5.91 Å². The maximum absolute atomic E-state index is 13.6. The number of amides is 2. The second-order valence-corrected chi connectivity index (χ2v) is 11.0. The third-order valence-electron chi connectivity index (χ3n) is 6.54. The van der Waals surface area contributed by atoms with E-state index in [2.05, 4.69) is 5.32 Å². The molecule has 2 heterocycles. The average molecular weight is 466 g/mol. The van der Waals surface area contributed by atoms with Crippen molar-refractivity contribution in [2.24, 2.45) is 0 Å². The van der Waals surface area contributed by atoms with Crippen molar-refractivity contribution in [3.8, 4) is 11.5 Å². The summed E-state index contributed by atoms with van der Waals surface area (Å²) in [6.45, 7) is 2.25. The monoisotopic (exact) mass is 465 g/mol. The lowest BCUT2D eigenvalue weighted by molar-refractivity contribution is -0.154. The number of carbonyl (C=O) groups excluding carboxylic acids is 2. The van der Waals surface area contributed by atoms with Crippen LogP contribution in [-0.4, -0.2) is 73.6 Å². The smallest absolute Gasteiger partial charge is 0.251 e.